The number of nitrogens with zero attached hydrogens (tertiary/aromatic N) is 3. The maximum absolute atomic E-state index is 14.2. The van der Waals surface area contributed by atoms with Crippen LogP contribution in [0.25, 0.3) is 0 Å². The van der Waals surface area contributed by atoms with Crippen LogP contribution < -0.4 is 15.5 Å². The van der Waals surface area contributed by atoms with Gasteiger partial charge in [-0.15, -0.1) is 24.0 Å². The van der Waals surface area contributed by atoms with E-state index in [9.17, 15) is 4.39 Å². The Morgan fingerprint density at radius 2 is 1.93 bits per heavy atom. The molecule has 2 N–H and O–H groups in total. The van der Waals surface area contributed by atoms with Crippen molar-refractivity contribution in [1.29, 1.82) is 0 Å². The number of halogens is 2. The molecule has 0 bridgehead atoms. The van der Waals surface area contributed by atoms with Crippen LogP contribution in [-0.4, -0.2) is 38.1 Å². The zero-order chi connectivity index (χ0) is 19.3. The molecule has 0 amide bonds. The molecule has 3 rings (SSSR count). The molecule has 1 aromatic heterocycles. The molecule has 1 fully saturated rings. The fourth-order valence-electron chi connectivity index (χ4n) is 3.30. The van der Waals surface area contributed by atoms with E-state index < -0.39 is 0 Å². The topological polar surface area (TPSA) is 52.6 Å². The smallest absolute Gasteiger partial charge is 0.191 e. The number of guanidine groups is 1. The highest BCUT2D eigenvalue weighted by atomic mass is 127. The van der Waals surface area contributed by atoms with Gasteiger partial charge in [-0.05, 0) is 37.5 Å². The fourth-order valence-corrected chi connectivity index (χ4v) is 3.30. The lowest BCUT2D eigenvalue weighted by atomic mass is 9.95. The molecule has 5 nitrogen and oxygen atoms in total. The lowest BCUT2D eigenvalue weighted by Crippen LogP contribution is -2.41. The normalized spacial score (nSPS) is 14.8. The Balaban J connectivity index is 0.00000280. The molecule has 7 heteroatoms. The molecule has 0 saturated heterocycles. The summed E-state index contributed by atoms with van der Waals surface area (Å²) in [6.45, 7) is 4.01. The number of hydrogen-bond donors (Lipinski definition) is 2. The van der Waals surface area contributed by atoms with Gasteiger partial charge in [0.15, 0.2) is 5.96 Å². The summed E-state index contributed by atoms with van der Waals surface area (Å²) in [6.07, 6.45) is 3.78. The van der Waals surface area contributed by atoms with Crippen molar-refractivity contribution in [3.05, 3.63) is 59.5 Å². The van der Waals surface area contributed by atoms with E-state index in [0.29, 0.717) is 13.1 Å². The van der Waals surface area contributed by atoms with Gasteiger partial charge in [-0.1, -0.05) is 24.3 Å². The van der Waals surface area contributed by atoms with E-state index in [2.05, 4.69) is 15.6 Å². The number of pyridine rings is 1. The number of anilines is 1. The first-order valence-electron chi connectivity index (χ1n) is 9.44. The summed E-state index contributed by atoms with van der Waals surface area (Å²) in [5.74, 6) is 1.54. The SMILES string of the molecule is CCNC(=NCc1cccnc1N(C)C)NCC1(c2ccccc2F)CC1.I. The van der Waals surface area contributed by atoms with Crippen molar-refractivity contribution in [3.8, 4) is 0 Å². The van der Waals surface area contributed by atoms with Gasteiger partial charge >= 0.3 is 0 Å². The summed E-state index contributed by atoms with van der Waals surface area (Å²) in [5.41, 5.74) is 1.75. The van der Waals surface area contributed by atoms with Crippen molar-refractivity contribution in [1.82, 2.24) is 15.6 Å². The molecule has 1 aliphatic rings. The minimum absolute atomic E-state index is 0. The Hall–Kier alpha value is -1.90. The highest BCUT2D eigenvalue weighted by Crippen LogP contribution is 2.48. The summed E-state index contributed by atoms with van der Waals surface area (Å²) < 4.78 is 14.2. The van der Waals surface area contributed by atoms with Crippen LogP contribution in [0, 0.1) is 5.82 Å². The molecule has 0 radical (unpaired) electrons. The van der Waals surface area contributed by atoms with Crippen LogP contribution in [-0.2, 0) is 12.0 Å². The molecule has 1 aliphatic carbocycles. The maximum Gasteiger partial charge on any atom is 0.191 e. The van der Waals surface area contributed by atoms with Gasteiger partial charge in [0.05, 0.1) is 6.54 Å². The van der Waals surface area contributed by atoms with E-state index in [1.165, 1.54) is 0 Å². The quantitative estimate of drug-likeness (QED) is 0.348. The van der Waals surface area contributed by atoms with Gasteiger partial charge in [-0.3, -0.25) is 0 Å². The molecule has 28 heavy (non-hydrogen) atoms. The first-order valence-corrected chi connectivity index (χ1v) is 9.44. The highest BCUT2D eigenvalue weighted by Gasteiger charge is 2.45. The van der Waals surface area contributed by atoms with Crippen LogP contribution in [0.2, 0.25) is 0 Å². The summed E-state index contributed by atoms with van der Waals surface area (Å²) >= 11 is 0. The Morgan fingerprint density at radius 1 is 1.18 bits per heavy atom. The van der Waals surface area contributed by atoms with Gasteiger partial charge in [0.2, 0.25) is 0 Å². The molecule has 1 heterocycles. The number of rotatable bonds is 7. The van der Waals surface area contributed by atoms with Crippen molar-refractivity contribution < 1.29 is 4.39 Å². The molecule has 0 aliphatic heterocycles. The minimum Gasteiger partial charge on any atom is -0.362 e. The van der Waals surface area contributed by atoms with Gasteiger partial charge < -0.3 is 15.5 Å². The van der Waals surface area contributed by atoms with Crippen LogP contribution >= 0.6 is 24.0 Å². The average molecular weight is 497 g/mol. The second kappa shape index (κ2) is 10.0. The van der Waals surface area contributed by atoms with Crippen molar-refractivity contribution in [2.75, 3.05) is 32.1 Å². The predicted molar refractivity (Wildman–Crippen MR) is 124 cm³/mol. The number of hydrogen-bond acceptors (Lipinski definition) is 3. The van der Waals surface area contributed by atoms with Gasteiger partial charge in [-0.25, -0.2) is 14.4 Å². The molecular formula is C21H29FIN5. The van der Waals surface area contributed by atoms with Gasteiger partial charge in [-0.2, -0.15) is 0 Å². The Kier molecular flexibility index (Phi) is 8.03. The second-order valence-electron chi connectivity index (χ2n) is 7.19. The van der Waals surface area contributed by atoms with E-state index >= 15 is 0 Å². The molecule has 1 aromatic carbocycles. The predicted octanol–water partition coefficient (Wildman–Crippen LogP) is 3.69. The monoisotopic (exact) mass is 497 g/mol. The van der Waals surface area contributed by atoms with Crippen LogP contribution in [0.4, 0.5) is 10.2 Å². The van der Waals surface area contributed by atoms with E-state index in [0.717, 1.165) is 42.3 Å². The summed E-state index contributed by atoms with van der Waals surface area (Å²) in [7, 11) is 3.95. The lowest BCUT2D eigenvalue weighted by Gasteiger charge is -2.20. The summed E-state index contributed by atoms with van der Waals surface area (Å²) in [6, 6.07) is 11.0. The third kappa shape index (κ3) is 5.33. The standard InChI is InChI=1S/C21H28FN5.HI/c1-4-23-20(25-14-16-8-7-13-24-19(16)27(2)3)26-15-21(11-12-21)17-9-5-6-10-18(17)22;/h5-10,13H,4,11-12,14-15H2,1-3H3,(H2,23,25,26);1H. The van der Waals surface area contributed by atoms with E-state index in [-0.39, 0.29) is 35.2 Å². The molecule has 0 unspecified atom stereocenters. The molecule has 0 spiro atoms. The number of aromatic nitrogens is 1. The molecule has 0 atom stereocenters. The zero-order valence-corrected chi connectivity index (χ0v) is 19.0. The van der Waals surface area contributed by atoms with E-state index in [4.69, 9.17) is 4.99 Å². The Bertz CT molecular complexity index is 805. The largest absolute Gasteiger partial charge is 0.362 e. The van der Waals surface area contributed by atoms with Crippen molar-refractivity contribution in [2.45, 2.75) is 31.7 Å². The Labute approximate surface area is 183 Å². The third-order valence-corrected chi connectivity index (χ3v) is 4.94. The Morgan fingerprint density at radius 3 is 2.57 bits per heavy atom. The number of benzene rings is 1. The van der Waals surface area contributed by atoms with Crippen LogP contribution in [0.3, 0.4) is 0 Å². The van der Waals surface area contributed by atoms with E-state index in [1.807, 2.05) is 50.2 Å². The van der Waals surface area contributed by atoms with Crippen LogP contribution in [0.5, 0.6) is 0 Å². The lowest BCUT2D eigenvalue weighted by molar-refractivity contribution is 0.559. The van der Waals surface area contributed by atoms with Crippen molar-refractivity contribution in [3.63, 3.8) is 0 Å². The first kappa shape index (κ1) is 22.4. The summed E-state index contributed by atoms with van der Waals surface area (Å²) in [5, 5.41) is 6.69. The molecule has 152 valence electrons. The third-order valence-electron chi connectivity index (χ3n) is 4.94. The highest BCUT2D eigenvalue weighted by molar-refractivity contribution is 14.0. The second-order valence-corrected chi connectivity index (χ2v) is 7.19. The molecule has 2 aromatic rings. The average Bonchev–Trinajstić information content (AvgIpc) is 3.45. The molecule has 1 saturated carbocycles. The van der Waals surface area contributed by atoms with Gasteiger partial charge in [0.25, 0.3) is 0 Å². The zero-order valence-electron chi connectivity index (χ0n) is 16.7. The molecular weight excluding hydrogens is 468 g/mol. The van der Waals surface area contributed by atoms with Crippen molar-refractivity contribution >= 4 is 35.8 Å². The van der Waals surface area contributed by atoms with Crippen molar-refractivity contribution in [2.24, 2.45) is 4.99 Å². The minimum atomic E-state index is -0.121. The first-order chi connectivity index (χ1) is 13.1. The van der Waals surface area contributed by atoms with E-state index in [1.54, 1.807) is 18.3 Å². The number of nitrogens with one attached hydrogen (secondary N) is 2. The number of aliphatic imine (C=N–C) groups is 1. The van der Waals surface area contributed by atoms with Crippen LogP contribution in [0.1, 0.15) is 30.9 Å². The maximum atomic E-state index is 14.2. The summed E-state index contributed by atoms with van der Waals surface area (Å²) in [4.78, 5) is 11.1. The fraction of sp³-hybridized carbons (Fsp3) is 0.429. The van der Waals surface area contributed by atoms with Gasteiger partial charge in [0, 0.05) is 44.4 Å². The van der Waals surface area contributed by atoms with Crippen LogP contribution in [0.15, 0.2) is 47.6 Å². The van der Waals surface area contributed by atoms with Gasteiger partial charge in [0.1, 0.15) is 11.6 Å².